The quantitative estimate of drug-likeness (QED) is 0.281. The molecular weight excluding hydrogens is 616 g/mol. The molecule has 48 heavy (non-hydrogen) atoms. The number of hydrogen-bond donors (Lipinski definition) is 4. The van der Waals surface area contributed by atoms with Crippen LogP contribution in [0, 0.1) is 23.2 Å². The van der Waals surface area contributed by atoms with Gasteiger partial charge >= 0.3 is 6.09 Å². The number of amides is 1. The van der Waals surface area contributed by atoms with Crippen LogP contribution in [0.5, 0.6) is 0 Å². The first kappa shape index (κ1) is 39.1. The summed E-state index contributed by atoms with van der Waals surface area (Å²) in [5.74, 6) is -1.53. The van der Waals surface area contributed by atoms with Crippen LogP contribution in [-0.2, 0) is 28.5 Å². The molecule has 0 aromatic carbocycles. The Balaban J connectivity index is 1.70. The molecule has 0 aromatic rings. The largest absolute Gasteiger partial charge is 0.441 e. The summed E-state index contributed by atoms with van der Waals surface area (Å²) in [7, 11) is 5.50. The Morgan fingerprint density at radius 3 is 2.33 bits per heavy atom. The number of nitrogens with zero attached hydrogens (tertiary/aromatic N) is 1. The molecule has 12 heteroatoms. The number of carbonyl (C=O) groups excluding carboxylic acids is 3. The van der Waals surface area contributed by atoms with Gasteiger partial charge in [-0.2, -0.15) is 0 Å². The van der Waals surface area contributed by atoms with Crippen molar-refractivity contribution in [1.29, 1.82) is 0 Å². The molecule has 1 unspecified atom stereocenters. The molecule has 4 rings (SSSR count). The normalized spacial score (nSPS) is 43.2. The average Bonchev–Trinajstić information content (AvgIpc) is 3.81. The van der Waals surface area contributed by atoms with E-state index in [2.05, 4.69) is 22.9 Å². The fraction of sp³-hybridized carbons (Fsp3) is 0.917. The second-order valence-electron chi connectivity index (χ2n) is 16.4. The van der Waals surface area contributed by atoms with Crippen LogP contribution in [-0.4, -0.2) is 122 Å². The van der Waals surface area contributed by atoms with Gasteiger partial charge in [0.15, 0.2) is 12.1 Å². The molecule has 0 aromatic heterocycles. The maximum Gasteiger partial charge on any atom is 0.408 e. The number of likely N-dealkylation sites (N-methyl/N-ethyl adjacent to an activating group) is 1. The fourth-order valence-corrected chi connectivity index (χ4v) is 8.38. The molecule has 3 saturated heterocycles. The van der Waals surface area contributed by atoms with Gasteiger partial charge in [0.05, 0.1) is 29.3 Å². The van der Waals surface area contributed by atoms with E-state index in [9.17, 15) is 19.5 Å². The summed E-state index contributed by atoms with van der Waals surface area (Å²) in [5, 5.41) is 21.8. The zero-order valence-corrected chi connectivity index (χ0v) is 31.3. The Bertz CT molecular complexity index is 1150. The third kappa shape index (κ3) is 8.27. The maximum atomic E-state index is 14.6. The average molecular weight is 681 g/mol. The number of aliphatic hydroxyl groups excluding tert-OH is 1. The molecule has 0 spiro atoms. The van der Waals surface area contributed by atoms with Gasteiger partial charge in [0.1, 0.15) is 17.5 Å². The van der Waals surface area contributed by atoms with Gasteiger partial charge in [0.2, 0.25) is 0 Å². The van der Waals surface area contributed by atoms with Gasteiger partial charge in [0, 0.05) is 50.0 Å². The molecule has 4 N–H and O–H groups in total. The van der Waals surface area contributed by atoms with Crippen molar-refractivity contribution in [2.45, 2.75) is 154 Å². The summed E-state index contributed by atoms with van der Waals surface area (Å²) in [6.07, 6.45) is 0.614. The standard InChI is InChI=1S/C36H64N4O8/c1-12-23-15-27(41)34(5,6)30(43)21(3)31(47-32-28(42)26(40(9)10)16-25(46-32)19-38-24-13-14-24)35(7,45-11)17-20(2)18-37-22(4)29-36(23,8)48-33(44)39-29/h20-26,28-29,31-32,37-38,42H,12-19H2,1-11H3,(H,39,44)/t20-,21+,22-,23+,25+,26?,28-,29-,31-,32+,35-,36-/m1/s1. The molecule has 12 atom stereocenters. The number of aliphatic hydroxyl groups is 1. The van der Waals surface area contributed by atoms with E-state index >= 15 is 0 Å². The number of hydrogen-bond acceptors (Lipinski definition) is 11. The summed E-state index contributed by atoms with van der Waals surface area (Å²) in [6, 6.07) is -0.248. The number of alkyl carbamates (subject to hydrolysis) is 1. The van der Waals surface area contributed by atoms with Gasteiger partial charge in [-0.05, 0) is 93.3 Å². The Labute approximate surface area is 288 Å². The lowest BCUT2D eigenvalue weighted by atomic mass is 9.69. The monoisotopic (exact) mass is 680 g/mol. The SMILES string of the molecule is CC[C@H]1CC(=O)C(C)(C)C(=O)[C@H](C)[C@@H](O[C@@H]2O[C@H](CNC3CC3)CC(N(C)C)[C@H]2O)[C@](C)(OC)C[C@@H](C)CN[C@H](C)[C@H]2NC(=O)O[C@]12C. The van der Waals surface area contributed by atoms with Gasteiger partial charge in [0.25, 0.3) is 0 Å². The van der Waals surface area contributed by atoms with Crippen molar-refractivity contribution in [3.8, 4) is 0 Å². The predicted octanol–water partition coefficient (Wildman–Crippen LogP) is 3.04. The lowest BCUT2D eigenvalue weighted by Gasteiger charge is -2.47. The molecule has 3 aliphatic heterocycles. The molecule has 1 amide bonds. The number of ketones is 2. The zero-order valence-electron chi connectivity index (χ0n) is 31.3. The molecule has 1 saturated carbocycles. The van der Waals surface area contributed by atoms with Crippen LogP contribution in [0.3, 0.4) is 0 Å². The van der Waals surface area contributed by atoms with E-state index in [0.717, 1.165) is 12.8 Å². The second kappa shape index (κ2) is 15.3. The fourth-order valence-electron chi connectivity index (χ4n) is 8.38. The second-order valence-corrected chi connectivity index (χ2v) is 16.4. The minimum absolute atomic E-state index is 0.0547. The number of rotatable bonds is 8. The lowest BCUT2D eigenvalue weighted by molar-refractivity contribution is -0.297. The first-order valence-corrected chi connectivity index (χ1v) is 18.1. The van der Waals surface area contributed by atoms with Crippen molar-refractivity contribution >= 4 is 17.7 Å². The van der Waals surface area contributed by atoms with Gasteiger partial charge in [-0.1, -0.05) is 20.8 Å². The minimum Gasteiger partial charge on any atom is -0.441 e. The Morgan fingerprint density at radius 2 is 1.75 bits per heavy atom. The predicted molar refractivity (Wildman–Crippen MR) is 182 cm³/mol. The van der Waals surface area contributed by atoms with E-state index in [-0.39, 0.29) is 54.1 Å². The van der Waals surface area contributed by atoms with E-state index in [1.807, 2.05) is 46.7 Å². The summed E-state index contributed by atoms with van der Waals surface area (Å²) in [4.78, 5) is 43.3. The minimum atomic E-state index is -1.37. The third-order valence-corrected chi connectivity index (χ3v) is 11.9. The van der Waals surface area contributed by atoms with Crippen LogP contribution in [0.25, 0.3) is 0 Å². The first-order valence-electron chi connectivity index (χ1n) is 18.1. The third-order valence-electron chi connectivity index (χ3n) is 11.9. The molecule has 0 radical (unpaired) electrons. The Morgan fingerprint density at radius 1 is 1.08 bits per heavy atom. The summed E-state index contributed by atoms with van der Waals surface area (Å²) in [6.45, 7) is 16.3. The van der Waals surface area contributed by atoms with E-state index in [1.165, 1.54) is 0 Å². The molecule has 276 valence electrons. The Kier molecular flexibility index (Phi) is 12.5. The number of nitrogens with one attached hydrogen (secondary N) is 3. The van der Waals surface area contributed by atoms with Crippen LogP contribution in [0.1, 0.15) is 93.9 Å². The number of fused-ring (bicyclic) bond motifs is 1. The highest BCUT2D eigenvalue weighted by atomic mass is 16.7. The van der Waals surface area contributed by atoms with Crippen molar-refractivity contribution in [3.63, 3.8) is 0 Å². The number of methoxy groups -OCH3 is 1. The molecule has 1 aliphatic carbocycles. The van der Waals surface area contributed by atoms with Crippen molar-refractivity contribution < 1.29 is 38.4 Å². The van der Waals surface area contributed by atoms with E-state index < -0.39 is 47.1 Å². The number of ether oxygens (including phenoxy) is 4. The summed E-state index contributed by atoms with van der Waals surface area (Å²) >= 11 is 0. The van der Waals surface area contributed by atoms with E-state index in [4.69, 9.17) is 18.9 Å². The highest BCUT2D eigenvalue weighted by molar-refractivity contribution is 6.07. The van der Waals surface area contributed by atoms with E-state index in [1.54, 1.807) is 27.9 Å². The molecular formula is C36H64N4O8. The molecule has 0 bridgehead atoms. The first-order chi connectivity index (χ1) is 22.4. The van der Waals surface area contributed by atoms with Gasteiger partial charge in [-0.15, -0.1) is 0 Å². The van der Waals surface area contributed by atoms with E-state index in [0.29, 0.717) is 38.4 Å². The van der Waals surface area contributed by atoms with Crippen LogP contribution in [0.15, 0.2) is 0 Å². The highest BCUT2D eigenvalue weighted by Gasteiger charge is 2.55. The van der Waals surface area contributed by atoms with Crippen LogP contribution >= 0.6 is 0 Å². The lowest BCUT2D eigenvalue weighted by Crippen LogP contribution is -2.60. The smallest absolute Gasteiger partial charge is 0.408 e. The van der Waals surface area contributed by atoms with Gasteiger partial charge in [-0.3, -0.25) is 9.59 Å². The zero-order chi connectivity index (χ0) is 35.8. The van der Waals surface area contributed by atoms with Gasteiger partial charge in [-0.25, -0.2) is 4.79 Å². The van der Waals surface area contributed by atoms with Crippen molar-refractivity contribution in [3.05, 3.63) is 0 Å². The van der Waals surface area contributed by atoms with Crippen LogP contribution in [0.4, 0.5) is 4.79 Å². The number of Topliss-reactive ketones (excluding diaryl/α,β-unsaturated/α-hetero) is 2. The number of carbonyl (C=O) groups is 3. The van der Waals surface area contributed by atoms with Crippen molar-refractivity contribution in [2.75, 3.05) is 34.3 Å². The van der Waals surface area contributed by atoms with Crippen LogP contribution in [0.2, 0.25) is 0 Å². The van der Waals surface area contributed by atoms with Crippen molar-refractivity contribution in [1.82, 2.24) is 20.9 Å². The summed E-state index contributed by atoms with van der Waals surface area (Å²) < 4.78 is 25.4. The maximum absolute atomic E-state index is 14.6. The van der Waals surface area contributed by atoms with Crippen molar-refractivity contribution in [2.24, 2.45) is 23.2 Å². The molecule has 12 nitrogen and oxygen atoms in total. The topological polar surface area (TPSA) is 148 Å². The highest BCUT2D eigenvalue weighted by Crippen LogP contribution is 2.41. The van der Waals surface area contributed by atoms with Gasteiger partial charge < -0.3 is 44.9 Å². The molecule has 3 heterocycles. The molecule has 4 aliphatic rings. The van der Waals surface area contributed by atoms with Crippen LogP contribution < -0.4 is 16.0 Å². The summed E-state index contributed by atoms with van der Waals surface area (Å²) in [5.41, 5.74) is -3.30. The Hall–Kier alpha value is -1.67. The molecule has 4 fully saturated rings.